The molecule has 1 fully saturated rings. The number of carboxylic acids is 1. The first-order chi connectivity index (χ1) is 18.9. The van der Waals surface area contributed by atoms with Crippen molar-refractivity contribution in [3.8, 4) is 22.4 Å². The van der Waals surface area contributed by atoms with E-state index in [1.807, 2.05) is 17.0 Å². The average molecular weight is 559 g/mol. The van der Waals surface area contributed by atoms with Gasteiger partial charge in [0, 0.05) is 74.5 Å². The van der Waals surface area contributed by atoms with E-state index < -0.39 is 17.8 Å². The topological polar surface area (TPSA) is 136 Å². The summed E-state index contributed by atoms with van der Waals surface area (Å²) >= 11 is 1.18. The van der Waals surface area contributed by atoms with Gasteiger partial charge in [-0.25, -0.2) is 24.1 Å². The van der Waals surface area contributed by atoms with E-state index in [0.717, 1.165) is 0 Å². The van der Waals surface area contributed by atoms with E-state index in [9.17, 15) is 9.59 Å². The summed E-state index contributed by atoms with van der Waals surface area (Å²) in [7, 11) is 0. The number of thiazole rings is 1. The number of nitrogens with zero attached hydrogens (tertiary/aromatic N) is 6. The summed E-state index contributed by atoms with van der Waals surface area (Å²) < 4.78 is 16.4. The summed E-state index contributed by atoms with van der Waals surface area (Å²) in [6, 6.07) is 6.79. The smallest absolute Gasteiger partial charge is 1.00 e. The Balaban J connectivity index is 0.00000231. The number of urea groups is 1. The summed E-state index contributed by atoms with van der Waals surface area (Å²) in [5, 5.41) is 14.5. The summed E-state index contributed by atoms with van der Waals surface area (Å²) in [5.41, 5.74) is 2.23. The van der Waals surface area contributed by atoms with Crippen molar-refractivity contribution < 1.29 is 39.4 Å². The van der Waals surface area contributed by atoms with Crippen molar-refractivity contribution >= 4 is 44.6 Å². The fourth-order valence-corrected chi connectivity index (χ4v) is 5.36. The summed E-state index contributed by atoms with van der Waals surface area (Å²) in [6.07, 6.45) is 4.96. The average Bonchev–Trinajstić information content (AvgIpc) is 3.37. The predicted molar refractivity (Wildman–Crippen MR) is 149 cm³/mol. The van der Waals surface area contributed by atoms with Crippen LogP contribution in [0.3, 0.4) is 0 Å². The number of fused-ring (bicyclic) bond motifs is 1. The summed E-state index contributed by atoms with van der Waals surface area (Å²) in [4.78, 5) is 44.9. The number of hydrogen-bond acceptors (Lipinski definition) is 9. The number of carboxylic acid groups (broad SMARTS) is 1. The largest absolute Gasteiger partial charge is 1.00 e. The molecule has 5 rings (SSSR count). The van der Waals surface area contributed by atoms with Crippen LogP contribution in [0.5, 0.6) is 0 Å². The molecule has 1 aromatic carbocycles. The number of carbonyl (C=O) groups is 2. The number of aliphatic carboxylic acids is 1. The first-order valence-electron chi connectivity index (χ1n) is 12.5. The second-order valence-corrected chi connectivity index (χ2v) is 9.93. The zero-order chi connectivity index (χ0) is 27.4. The SMILES string of the molecule is CCNC(=O)Nc1nc2c(F)c(-c3cnc(N4CCN(CCC(=O)O)CC4)nc3)cc(-c3ccccn3)c2s1.[H-].[Li+]. The third-order valence-corrected chi connectivity index (χ3v) is 7.35. The molecule has 0 saturated carbocycles. The van der Waals surface area contributed by atoms with Crippen LogP contribution in [0.4, 0.5) is 20.3 Å². The van der Waals surface area contributed by atoms with Gasteiger partial charge < -0.3 is 16.7 Å². The first-order valence-corrected chi connectivity index (χ1v) is 13.4. The molecule has 4 heterocycles. The minimum absolute atomic E-state index is 0. The van der Waals surface area contributed by atoms with Crippen LogP contribution in [0, 0.1) is 5.82 Å². The standard InChI is InChI=1S/C26H27FN8O3S.Li.H/c1-2-28-25(38)33-26-32-22-21(27)17(13-18(23(22)39-26)19-5-3-4-7-29-19)16-14-30-24(31-15-16)35-11-9-34(10-12-35)8-6-20(36)37;;/h3-5,7,13-15H,2,6,8-12H2,1H3,(H,36,37)(H2,28,32,33,38);;/q;+1;-1. The van der Waals surface area contributed by atoms with Gasteiger partial charge in [-0.05, 0) is 25.1 Å². The van der Waals surface area contributed by atoms with Gasteiger partial charge in [0.2, 0.25) is 5.95 Å². The van der Waals surface area contributed by atoms with Crippen LogP contribution in [-0.2, 0) is 4.79 Å². The van der Waals surface area contributed by atoms with E-state index >= 15 is 4.39 Å². The third kappa shape index (κ3) is 6.56. The number of hydrogen-bond donors (Lipinski definition) is 3. The fraction of sp³-hybridized carbons (Fsp3) is 0.308. The number of rotatable bonds is 8. The number of nitrogens with one attached hydrogen (secondary N) is 2. The number of pyridine rings is 1. The normalized spacial score (nSPS) is 13.6. The Morgan fingerprint density at radius 1 is 1.12 bits per heavy atom. The number of amides is 2. The predicted octanol–water partition coefficient (Wildman–Crippen LogP) is 0.809. The number of carbonyl (C=O) groups excluding carboxylic acids is 1. The second-order valence-electron chi connectivity index (χ2n) is 8.93. The van der Waals surface area contributed by atoms with Crippen molar-refractivity contribution in [1.29, 1.82) is 0 Å². The van der Waals surface area contributed by atoms with E-state index in [2.05, 4.69) is 35.5 Å². The van der Waals surface area contributed by atoms with E-state index in [1.54, 1.807) is 37.6 Å². The van der Waals surface area contributed by atoms with Crippen LogP contribution in [0.2, 0.25) is 0 Å². The van der Waals surface area contributed by atoms with Crippen LogP contribution < -0.4 is 34.4 Å². The fourth-order valence-electron chi connectivity index (χ4n) is 4.38. The van der Waals surface area contributed by atoms with Gasteiger partial charge in [-0.2, -0.15) is 0 Å². The van der Waals surface area contributed by atoms with Crippen LogP contribution in [0.15, 0.2) is 42.9 Å². The van der Waals surface area contributed by atoms with Crippen molar-refractivity contribution in [1.82, 2.24) is 30.2 Å². The number of aromatic nitrogens is 4. The van der Waals surface area contributed by atoms with Gasteiger partial charge in [0.1, 0.15) is 5.52 Å². The van der Waals surface area contributed by atoms with Crippen molar-refractivity contribution in [2.75, 3.05) is 49.5 Å². The van der Waals surface area contributed by atoms with Gasteiger partial charge in [-0.3, -0.25) is 20.0 Å². The molecule has 14 heteroatoms. The van der Waals surface area contributed by atoms with Crippen molar-refractivity contribution in [2.24, 2.45) is 0 Å². The zero-order valence-electron chi connectivity index (χ0n) is 23.2. The number of anilines is 2. The molecule has 1 aliphatic rings. The molecule has 204 valence electrons. The Bertz CT molecular complexity index is 1490. The Morgan fingerprint density at radius 2 is 1.88 bits per heavy atom. The Labute approximate surface area is 247 Å². The number of benzene rings is 1. The van der Waals surface area contributed by atoms with Crippen LogP contribution >= 0.6 is 11.3 Å². The number of piperazine rings is 1. The van der Waals surface area contributed by atoms with Crippen LogP contribution in [-0.4, -0.2) is 81.2 Å². The molecule has 4 aromatic rings. The van der Waals surface area contributed by atoms with E-state index in [1.165, 1.54) is 11.3 Å². The molecule has 1 aliphatic heterocycles. The van der Waals surface area contributed by atoms with Gasteiger partial charge in [0.25, 0.3) is 0 Å². The maximum absolute atomic E-state index is 15.9. The van der Waals surface area contributed by atoms with Crippen molar-refractivity contribution in [3.05, 3.63) is 48.7 Å². The molecular formula is C26H28FLiN8O3S. The van der Waals surface area contributed by atoms with Crippen LogP contribution in [0.25, 0.3) is 32.6 Å². The minimum Gasteiger partial charge on any atom is -1.00 e. The molecule has 1 saturated heterocycles. The van der Waals surface area contributed by atoms with Gasteiger partial charge in [-0.15, -0.1) is 0 Å². The molecule has 0 unspecified atom stereocenters. The van der Waals surface area contributed by atoms with Gasteiger partial charge >= 0.3 is 30.9 Å². The molecule has 0 bridgehead atoms. The Hall–Kier alpha value is -3.63. The monoisotopic (exact) mass is 558 g/mol. The third-order valence-electron chi connectivity index (χ3n) is 6.35. The Kier molecular flexibility index (Phi) is 9.65. The quantitative estimate of drug-likeness (QED) is 0.269. The minimum atomic E-state index is -0.805. The molecule has 0 aliphatic carbocycles. The zero-order valence-corrected chi connectivity index (χ0v) is 23.0. The molecule has 0 spiro atoms. The van der Waals surface area contributed by atoms with Crippen LogP contribution in [0.1, 0.15) is 14.8 Å². The molecule has 3 N–H and O–H groups in total. The van der Waals surface area contributed by atoms with E-state index in [0.29, 0.717) is 66.7 Å². The summed E-state index contributed by atoms with van der Waals surface area (Å²) in [5.74, 6) is -0.807. The molecule has 0 radical (unpaired) electrons. The van der Waals surface area contributed by atoms with Crippen molar-refractivity contribution in [3.63, 3.8) is 0 Å². The van der Waals surface area contributed by atoms with Gasteiger partial charge in [-0.1, -0.05) is 17.4 Å². The first kappa shape index (κ1) is 29.4. The van der Waals surface area contributed by atoms with Gasteiger partial charge in [0.15, 0.2) is 10.9 Å². The molecular weight excluding hydrogens is 530 g/mol. The Morgan fingerprint density at radius 3 is 2.52 bits per heavy atom. The van der Waals surface area contributed by atoms with Crippen molar-refractivity contribution in [2.45, 2.75) is 13.3 Å². The molecule has 3 aromatic heterocycles. The second kappa shape index (κ2) is 13.1. The molecule has 2 amide bonds. The molecule has 0 atom stereocenters. The maximum atomic E-state index is 15.9. The molecule has 40 heavy (non-hydrogen) atoms. The summed E-state index contributed by atoms with van der Waals surface area (Å²) in [6.45, 7) is 5.54. The number of halogens is 1. The molecule has 11 nitrogen and oxygen atoms in total. The van der Waals surface area contributed by atoms with E-state index in [-0.39, 0.29) is 42.9 Å². The maximum Gasteiger partial charge on any atom is 1.00 e. The van der Waals surface area contributed by atoms with Gasteiger partial charge in [0.05, 0.1) is 16.8 Å². The van der Waals surface area contributed by atoms with E-state index in [4.69, 9.17) is 5.11 Å².